The first-order chi connectivity index (χ1) is 20.6. The molecule has 3 nitrogen and oxygen atoms in total. The van der Waals surface area contributed by atoms with Crippen molar-refractivity contribution in [2.45, 2.75) is 95.4 Å². The Bertz CT molecular complexity index is 1220. The van der Waals surface area contributed by atoms with E-state index in [4.69, 9.17) is 9.47 Å². The largest absolute Gasteiger partial charge is 0.432 e. The third-order valence-electron chi connectivity index (χ3n) is 9.48. The Morgan fingerprint density at radius 1 is 0.814 bits per heavy atom. The third-order valence-corrected chi connectivity index (χ3v) is 9.48. The minimum Gasteiger partial charge on any atom is -0.432 e. The predicted octanol–water partition coefficient (Wildman–Crippen LogP) is 9.81. The van der Waals surface area contributed by atoms with Crippen molar-refractivity contribution in [3.05, 3.63) is 76.9 Å². The van der Waals surface area contributed by atoms with Crippen LogP contribution in [0.4, 0.5) is 26.3 Å². The van der Waals surface area contributed by atoms with E-state index in [0.29, 0.717) is 42.4 Å². The highest BCUT2D eigenvalue weighted by Crippen LogP contribution is 2.45. The van der Waals surface area contributed by atoms with Crippen molar-refractivity contribution in [1.82, 2.24) is 0 Å². The number of hydrogen-bond acceptors (Lipinski definition) is 3. The number of hydrogen-bond donors (Lipinski definition) is 0. The second-order valence-electron chi connectivity index (χ2n) is 12.4. The van der Waals surface area contributed by atoms with E-state index >= 15 is 4.39 Å². The quantitative estimate of drug-likeness (QED) is 0.161. The highest BCUT2D eigenvalue weighted by molar-refractivity contribution is 5.30. The molecule has 0 aromatic heterocycles. The molecule has 0 bridgehead atoms. The summed E-state index contributed by atoms with van der Waals surface area (Å²) in [5.41, 5.74) is 1.48. The van der Waals surface area contributed by atoms with E-state index in [1.165, 1.54) is 0 Å². The minimum absolute atomic E-state index is 0.0525. The fraction of sp³-hybridized carbons (Fsp3) is 0.588. The first-order valence-corrected chi connectivity index (χ1v) is 15.5. The number of ether oxygens (including phenoxy) is 3. The van der Waals surface area contributed by atoms with Gasteiger partial charge in [0.2, 0.25) is 0 Å². The molecule has 3 aliphatic rings. The van der Waals surface area contributed by atoms with E-state index in [2.05, 4.69) is 16.9 Å². The molecule has 1 saturated heterocycles. The number of alkyl halides is 2. The number of allylic oxidation sites excluding steroid dienone is 2. The third kappa shape index (κ3) is 7.77. The first kappa shape index (κ1) is 31.9. The van der Waals surface area contributed by atoms with Crippen LogP contribution >= 0.6 is 0 Å². The minimum atomic E-state index is -3.70. The van der Waals surface area contributed by atoms with E-state index in [0.717, 1.165) is 57.3 Å². The summed E-state index contributed by atoms with van der Waals surface area (Å²) in [6, 6.07) is 6.17. The van der Waals surface area contributed by atoms with Crippen LogP contribution in [0.3, 0.4) is 0 Å². The Hall–Kier alpha value is -2.52. The summed E-state index contributed by atoms with van der Waals surface area (Å²) in [5.74, 6) is -6.42. The van der Waals surface area contributed by atoms with Crippen molar-refractivity contribution >= 4 is 0 Å². The lowest BCUT2D eigenvalue weighted by Gasteiger charge is -2.38. The van der Waals surface area contributed by atoms with Gasteiger partial charge in [-0.3, -0.25) is 0 Å². The molecular weight excluding hydrogens is 570 g/mol. The summed E-state index contributed by atoms with van der Waals surface area (Å²) < 4.78 is 102. The van der Waals surface area contributed by atoms with Crippen molar-refractivity contribution in [2.24, 2.45) is 17.8 Å². The van der Waals surface area contributed by atoms with Gasteiger partial charge >= 0.3 is 6.11 Å². The molecule has 0 N–H and O–H groups in total. The van der Waals surface area contributed by atoms with Crippen molar-refractivity contribution in [3.63, 3.8) is 0 Å². The van der Waals surface area contributed by atoms with Gasteiger partial charge in [-0.2, -0.15) is 8.78 Å². The van der Waals surface area contributed by atoms with Crippen LogP contribution in [-0.2, 0) is 9.47 Å². The normalized spacial score (nSPS) is 28.7. The Morgan fingerprint density at radius 3 is 2.05 bits per heavy atom. The fourth-order valence-electron chi connectivity index (χ4n) is 6.92. The summed E-state index contributed by atoms with van der Waals surface area (Å²) in [7, 11) is 0. The Morgan fingerprint density at radius 2 is 1.44 bits per heavy atom. The van der Waals surface area contributed by atoms with Gasteiger partial charge in [-0.1, -0.05) is 24.3 Å². The molecule has 0 amide bonds. The summed E-state index contributed by atoms with van der Waals surface area (Å²) in [5, 5.41) is 0. The van der Waals surface area contributed by atoms with Crippen LogP contribution in [0.25, 0.3) is 0 Å². The van der Waals surface area contributed by atoms with Crippen molar-refractivity contribution in [2.75, 3.05) is 13.2 Å². The van der Waals surface area contributed by atoms with Crippen molar-refractivity contribution in [1.29, 1.82) is 0 Å². The molecule has 0 radical (unpaired) electrons. The summed E-state index contributed by atoms with van der Waals surface area (Å²) in [6.45, 7) is 3.49. The van der Waals surface area contributed by atoms with Gasteiger partial charge in [-0.05, 0) is 100 Å². The van der Waals surface area contributed by atoms with Crippen LogP contribution in [0.2, 0.25) is 0 Å². The monoisotopic (exact) mass is 610 g/mol. The van der Waals surface area contributed by atoms with Crippen LogP contribution < -0.4 is 4.74 Å². The highest BCUT2D eigenvalue weighted by atomic mass is 19.3. The molecular formula is C34H40F6O3. The van der Waals surface area contributed by atoms with E-state index in [1.54, 1.807) is 12.1 Å². The molecule has 1 heterocycles. The first-order valence-electron chi connectivity index (χ1n) is 15.5. The van der Waals surface area contributed by atoms with Gasteiger partial charge in [0.25, 0.3) is 0 Å². The van der Waals surface area contributed by atoms with Gasteiger partial charge < -0.3 is 14.2 Å². The van der Waals surface area contributed by atoms with Crippen molar-refractivity contribution < 1.29 is 40.6 Å². The van der Waals surface area contributed by atoms with Crippen LogP contribution in [-0.4, -0.2) is 25.6 Å². The van der Waals surface area contributed by atoms with E-state index < -0.39 is 35.2 Å². The molecule has 2 aromatic rings. The zero-order chi connectivity index (χ0) is 30.6. The fourth-order valence-corrected chi connectivity index (χ4v) is 6.92. The lowest BCUT2D eigenvalue weighted by Crippen LogP contribution is -2.38. The van der Waals surface area contributed by atoms with E-state index in [1.807, 2.05) is 13.0 Å². The molecule has 43 heavy (non-hydrogen) atoms. The standard InChI is InChI=1S/C34H40F6O3/c1-2-3-4-5-21-19-41-33(42-20-21)24-8-6-22(7-9-24)25-12-15-28(29(35)16-25)23-10-13-26(14-11-23)34(39,40)43-27-17-30(36)32(38)31(37)18-27/h2-3,12,15-18,21-24,26,33H,4-11,13-14,19-20H2,1H3. The second-order valence-corrected chi connectivity index (χ2v) is 12.4. The summed E-state index contributed by atoms with van der Waals surface area (Å²) >= 11 is 0. The second kappa shape index (κ2) is 14.1. The van der Waals surface area contributed by atoms with Gasteiger partial charge in [0.05, 0.1) is 19.1 Å². The molecule has 2 aliphatic carbocycles. The molecule has 3 fully saturated rings. The maximum Gasteiger partial charge on any atom is 0.400 e. The van der Waals surface area contributed by atoms with Gasteiger partial charge in [0.15, 0.2) is 23.7 Å². The zero-order valence-corrected chi connectivity index (χ0v) is 24.5. The topological polar surface area (TPSA) is 27.7 Å². The average molecular weight is 611 g/mol. The maximum atomic E-state index is 15.3. The molecule has 0 spiro atoms. The molecule has 5 rings (SSSR count). The molecule has 2 aromatic carbocycles. The maximum absolute atomic E-state index is 15.3. The van der Waals surface area contributed by atoms with Crippen molar-refractivity contribution in [3.8, 4) is 5.75 Å². The van der Waals surface area contributed by atoms with Gasteiger partial charge in [-0.25, -0.2) is 17.6 Å². The molecule has 1 aliphatic heterocycles. The smallest absolute Gasteiger partial charge is 0.400 e. The average Bonchev–Trinajstić information content (AvgIpc) is 3.00. The van der Waals surface area contributed by atoms with Crippen LogP contribution in [0.5, 0.6) is 5.75 Å². The van der Waals surface area contributed by atoms with Crippen LogP contribution in [0.15, 0.2) is 42.5 Å². The summed E-state index contributed by atoms with van der Waals surface area (Å²) in [4.78, 5) is 0. The molecule has 0 atom stereocenters. The number of rotatable bonds is 9. The molecule has 2 saturated carbocycles. The van der Waals surface area contributed by atoms with E-state index in [9.17, 15) is 22.0 Å². The Labute approximate surface area is 249 Å². The molecule has 236 valence electrons. The van der Waals surface area contributed by atoms with Gasteiger partial charge in [-0.15, -0.1) is 0 Å². The van der Waals surface area contributed by atoms with E-state index in [-0.39, 0.29) is 36.8 Å². The van der Waals surface area contributed by atoms with Crippen LogP contribution in [0, 0.1) is 41.0 Å². The summed E-state index contributed by atoms with van der Waals surface area (Å²) in [6.07, 6.45) is 7.00. The SMILES string of the molecule is CC=CCCC1COC(C2CCC(c3ccc(C4CCC(C(F)(F)Oc5cc(F)c(F)c(F)c5)CC4)c(F)c3)CC2)OC1. The Kier molecular flexibility index (Phi) is 10.4. The van der Waals surface area contributed by atoms with Gasteiger partial charge in [0, 0.05) is 24.0 Å². The molecule has 9 heteroatoms. The van der Waals surface area contributed by atoms with Gasteiger partial charge in [0.1, 0.15) is 11.6 Å². The Balaban J connectivity index is 1.10. The lowest BCUT2D eigenvalue weighted by molar-refractivity contribution is -0.229. The number of benzene rings is 2. The number of halogens is 6. The lowest BCUT2D eigenvalue weighted by atomic mass is 9.76. The van der Waals surface area contributed by atoms with Crippen LogP contribution in [0.1, 0.15) is 94.1 Å². The molecule has 0 unspecified atom stereocenters. The highest BCUT2D eigenvalue weighted by Gasteiger charge is 2.44. The predicted molar refractivity (Wildman–Crippen MR) is 151 cm³/mol. The zero-order valence-electron chi connectivity index (χ0n) is 24.5.